The number of aromatic amines is 1. The van der Waals surface area contributed by atoms with E-state index in [2.05, 4.69) is 20.2 Å². The minimum atomic E-state index is -0.472. The number of likely N-dealkylation sites (tertiary alicyclic amines) is 1. The van der Waals surface area contributed by atoms with Gasteiger partial charge in [0.25, 0.3) is 5.91 Å². The van der Waals surface area contributed by atoms with Crippen LogP contribution in [-0.2, 0) is 4.79 Å². The van der Waals surface area contributed by atoms with Crippen LogP contribution in [0.15, 0.2) is 24.5 Å². The lowest BCUT2D eigenvalue weighted by Crippen LogP contribution is -2.61. The second-order valence-electron chi connectivity index (χ2n) is 6.99. The van der Waals surface area contributed by atoms with E-state index in [-0.39, 0.29) is 11.8 Å². The lowest BCUT2D eigenvalue weighted by Gasteiger charge is -2.44. The van der Waals surface area contributed by atoms with E-state index in [9.17, 15) is 9.59 Å². The number of nitrogens with one attached hydrogen (secondary N) is 2. The van der Waals surface area contributed by atoms with Gasteiger partial charge in [0.05, 0.1) is 17.4 Å². The van der Waals surface area contributed by atoms with Gasteiger partial charge in [-0.1, -0.05) is 0 Å². The van der Waals surface area contributed by atoms with Crippen LogP contribution in [0.1, 0.15) is 29.6 Å². The minimum absolute atomic E-state index is 0.0167. The number of carbonyl (C=O) groups excluding carboxylic acids is 2. The van der Waals surface area contributed by atoms with Crippen LogP contribution < -0.4 is 5.32 Å². The van der Waals surface area contributed by atoms with Crippen LogP contribution in [0, 0.1) is 0 Å². The maximum Gasteiger partial charge on any atom is 0.253 e. The van der Waals surface area contributed by atoms with E-state index in [1.165, 1.54) is 0 Å². The van der Waals surface area contributed by atoms with Crippen molar-refractivity contribution < 1.29 is 9.59 Å². The molecule has 25 heavy (non-hydrogen) atoms. The third-order valence-corrected chi connectivity index (χ3v) is 5.65. The second kappa shape index (κ2) is 6.15. The van der Waals surface area contributed by atoms with Gasteiger partial charge in [-0.25, -0.2) is 4.98 Å². The lowest BCUT2D eigenvalue weighted by atomic mass is 9.85. The highest BCUT2D eigenvalue weighted by Gasteiger charge is 2.46. The number of likely N-dealkylation sites (N-methyl/N-ethyl adjacent to an activating group) is 1. The molecule has 7 heteroatoms. The molecular weight excluding hydrogens is 318 g/mol. The van der Waals surface area contributed by atoms with Crippen molar-refractivity contribution in [1.82, 2.24) is 25.1 Å². The number of amides is 2. The fraction of sp³-hybridized carbons (Fsp3) is 0.500. The fourth-order valence-corrected chi connectivity index (χ4v) is 4.01. The predicted octanol–water partition coefficient (Wildman–Crippen LogP) is 0.989. The molecule has 7 nitrogen and oxygen atoms in total. The molecule has 3 heterocycles. The Kier molecular flexibility index (Phi) is 3.95. The maximum atomic E-state index is 12.8. The topological polar surface area (TPSA) is 81.3 Å². The SMILES string of the molecule is CN1CCCNC(=O)C12CCN(C(=O)c1ccc3nc[nH]c3c1)CC2. The molecule has 0 aliphatic carbocycles. The molecule has 2 fully saturated rings. The molecule has 2 aliphatic heterocycles. The highest BCUT2D eigenvalue weighted by atomic mass is 16.2. The summed E-state index contributed by atoms with van der Waals surface area (Å²) in [5, 5.41) is 3.03. The van der Waals surface area contributed by atoms with Crippen LogP contribution >= 0.6 is 0 Å². The first-order valence-electron chi connectivity index (χ1n) is 8.82. The molecule has 0 saturated carbocycles. The number of rotatable bonds is 1. The molecule has 1 aromatic carbocycles. The van der Waals surface area contributed by atoms with Gasteiger partial charge < -0.3 is 15.2 Å². The van der Waals surface area contributed by atoms with Crippen molar-refractivity contribution in [2.45, 2.75) is 24.8 Å². The Hall–Kier alpha value is -2.41. The van der Waals surface area contributed by atoms with Crippen LogP contribution in [-0.4, -0.2) is 70.3 Å². The monoisotopic (exact) mass is 341 g/mol. The summed E-state index contributed by atoms with van der Waals surface area (Å²) in [4.78, 5) is 36.7. The van der Waals surface area contributed by atoms with Crippen molar-refractivity contribution >= 4 is 22.8 Å². The number of piperidine rings is 1. The largest absolute Gasteiger partial charge is 0.354 e. The summed E-state index contributed by atoms with van der Waals surface area (Å²) in [6, 6.07) is 5.52. The van der Waals surface area contributed by atoms with Gasteiger partial charge in [-0.3, -0.25) is 14.5 Å². The third-order valence-electron chi connectivity index (χ3n) is 5.65. The zero-order chi connectivity index (χ0) is 17.4. The van der Waals surface area contributed by atoms with Gasteiger partial charge in [-0.15, -0.1) is 0 Å². The highest BCUT2D eigenvalue weighted by molar-refractivity contribution is 5.97. The van der Waals surface area contributed by atoms with Gasteiger partial charge in [0.2, 0.25) is 5.91 Å². The highest BCUT2D eigenvalue weighted by Crippen LogP contribution is 2.30. The molecule has 0 unspecified atom stereocenters. The molecule has 2 aromatic rings. The Balaban J connectivity index is 1.50. The van der Waals surface area contributed by atoms with E-state index >= 15 is 0 Å². The van der Waals surface area contributed by atoms with Crippen LogP contribution in [0.25, 0.3) is 11.0 Å². The number of H-pyrrole nitrogens is 1. The van der Waals surface area contributed by atoms with Gasteiger partial charge in [0.15, 0.2) is 0 Å². The molecule has 2 aliphatic rings. The van der Waals surface area contributed by atoms with Gasteiger partial charge in [-0.2, -0.15) is 0 Å². The van der Waals surface area contributed by atoms with E-state index < -0.39 is 5.54 Å². The van der Waals surface area contributed by atoms with Crippen molar-refractivity contribution in [2.75, 3.05) is 33.2 Å². The molecule has 2 amide bonds. The standard InChI is InChI=1S/C18H23N5O2/c1-22-8-2-7-19-17(25)18(22)5-9-23(10-6-18)16(24)13-3-4-14-15(11-13)21-12-20-14/h3-4,11-12H,2,5-10H2,1H3,(H,19,25)(H,20,21). The molecule has 0 atom stereocenters. The number of benzene rings is 1. The predicted molar refractivity (Wildman–Crippen MR) is 94.2 cm³/mol. The summed E-state index contributed by atoms with van der Waals surface area (Å²) in [7, 11) is 2.02. The smallest absolute Gasteiger partial charge is 0.253 e. The molecule has 2 saturated heterocycles. The summed E-state index contributed by atoms with van der Waals surface area (Å²) in [5.74, 6) is 0.126. The third kappa shape index (κ3) is 2.68. The maximum absolute atomic E-state index is 12.8. The Morgan fingerprint density at radius 2 is 2.04 bits per heavy atom. The van der Waals surface area contributed by atoms with Gasteiger partial charge >= 0.3 is 0 Å². The van der Waals surface area contributed by atoms with Crippen LogP contribution in [0.3, 0.4) is 0 Å². The van der Waals surface area contributed by atoms with Crippen LogP contribution in [0.4, 0.5) is 0 Å². The lowest BCUT2D eigenvalue weighted by molar-refractivity contribution is -0.134. The minimum Gasteiger partial charge on any atom is -0.354 e. The van der Waals surface area contributed by atoms with Crippen molar-refractivity contribution in [1.29, 1.82) is 0 Å². The van der Waals surface area contributed by atoms with Crippen LogP contribution in [0.2, 0.25) is 0 Å². The first-order valence-corrected chi connectivity index (χ1v) is 8.82. The first kappa shape index (κ1) is 16.1. The second-order valence-corrected chi connectivity index (χ2v) is 6.99. The first-order chi connectivity index (χ1) is 12.1. The van der Waals surface area contributed by atoms with E-state index in [1.54, 1.807) is 6.33 Å². The van der Waals surface area contributed by atoms with Crippen molar-refractivity contribution in [3.8, 4) is 0 Å². The number of fused-ring (bicyclic) bond motifs is 1. The van der Waals surface area contributed by atoms with Crippen molar-refractivity contribution in [3.05, 3.63) is 30.1 Å². The summed E-state index contributed by atoms with van der Waals surface area (Å²) < 4.78 is 0. The average Bonchev–Trinajstić information content (AvgIpc) is 3.07. The van der Waals surface area contributed by atoms with Crippen LogP contribution in [0.5, 0.6) is 0 Å². The summed E-state index contributed by atoms with van der Waals surface area (Å²) >= 11 is 0. The normalized spacial score (nSPS) is 21.3. The molecule has 0 radical (unpaired) electrons. The number of hydrogen-bond donors (Lipinski definition) is 2. The van der Waals surface area contributed by atoms with Gasteiger partial charge in [0.1, 0.15) is 5.54 Å². The zero-order valence-corrected chi connectivity index (χ0v) is 14.4. The summed E-state index contributed by atoms with van der Waals surface area (Å²) in [6.07, 6.45) is 3.95. The molecule has 1 aromatic heterocycles. The van der Waals surface area contributed by atoms with E-state index in [1.807, 2.05) is 30.1 Å². The Morgan fingerprint density at radius 3 is 2.84 bits per heavy atom. The van der Waals surface area contributed by atoms with Crippen molar-refractivity contribution in [2.24, 2.45) is 0 Å². The Morgan fingerprint density at radius 1 is 1.24 bits per heavy atom. The van der Waals surface area contributed by atoms with E-state index in [0.29, 0.717) is 31.5 Å². The number of imidazole rings is 1. The molecule has 132 valence electrons. The van der Waals surface area contributed by atoms with Crippen molar-refractivity contribution in [3.63, 3.8) is 0 Å². The quantitative estimate of drug-likeness (QED) is 0.810. The molecule has 0 bridgehead atoms. The molecule has 4 rings (SSSR count). The van der Waals surface area contributed by atoms with E-state index in [4.69, 9.17) is 0 Å². The molecule has 2 N–H and O–H groups in total. The number of nitrogens with zero attached hydrogens (tertiary/aromatic N) is 3. The Bertz CT molecular complexity index is 807. The van der Waals surface area contributed by atoms with Gasteiger partial charge in [0, 0.05) is 31.7 Å². The zero-order valence-electron chi connectivity index (χ0n) is 14.4. The Labute approximate surface area is 146 Å². The molecule has 1 spiro atoms. The summed E-state index contributed by atoms with van der Waals surface area (Å²) in [6.45, 7) is 2.83. The average molecular weight is 341 g/mol. The van der Waals surface area contributed by atoms with Gasteiger partial charge in [-0.05, 0) is 44.5 Å². The summed E-state index contributed by atoms with van der Waals surface area (Å²) in [5.41, 5.74) is 1.90. The molecular formula is C18H23N5O2. The number of aromatic nitrogens is 2. The number of hydrogen-bond acceptors (Lipinski definition) is 4. The fourth-order valence-electron chi connectivity index (χ4n) is 4.01. The number of carbonyl (C=O) groups is 2. The van der Waals surface area contributed by atoms with E-state index in [0.717, 1.165) is 30.5 Å².